The third kappa shape index (κ3) is 4.84. The summed E-state index contributed by atoms with van der Waals surface area (Å²) in [5.41, 5.74) is 1.86. The minimum atomic E-state index is 0.0532. The molecule has 0 unspecified atom stereocenters. The van der Waals surface area contributed by atoms with E-state index in [0.717, 1.165) is 35.7 Å². The molecule has 0 radical (unpaired) electrons. The zero-order valence-electron chi connectivity index (χ0n) is 17.1. The topological polar surface area (TPSA) is 69.0 Å². The fraction of sp³-hybridized carbons (Fsp3) is 0.348. The lowest BCUT2D eigenvalue weighted by Crippen LogP contribution is -2.37. The van der Waals surface area contributed by atoms with Gasteiger partial charge in [-0.25, -0.2) is 0 Å². The molecule has 1 N–H and O–H groups in total. The monoisotopic (exact) mass is 422 g/mol. The number of hydrogen-bond donors (Lipinski definition) is 1. The van der Waals surface area contributed by atoms with Crippen LogP contribution < -0.4 is 10.1 Å². The lowest BCUT2D eigenvalue weighted by atomic mass is 9.95. The Hall–Kier alpha value is -2.80. The highest BCUT2D eigenvalue weighted by Crippen LogP contribution is 2.29. The largest absolute Gasteiger partial charge is 0.497 e. The van der Waals surface area contributed by atoms with Crippen LogP contribution in [0.25, 0.3) is 17.1 Å². The van der Waals surface area contributed by atoms with Crippen LogP contribution >= 0.6 is 11.8 Å². The number of aromatic nitrogens is 3. The summed E-state index contributed by atoms with van der Waals surface area (Å²) in [4.78, 5) is 12.5. The number of hydrogen-bond acceptors (Lipinski definition) is 5. The van der Waals surface area contributed by atoms with Crippen LogP contribution in [0.2, 0.25) is 0 Å². The molecule has 156 valence electrons. The normalized spacial score (nSPS) is 14.4. The van der Waals surface area contributed by atoms with Gasteiger partial charge in [0.2, 0.25) is 5.91 Å². The van der Waals surface area contributed by atoms with Crippen LogP contribution in [0.15, 0.2) is 59.8 Å². The van der Waals surface area contributed by atoms with Crippen molar-refractivity contribution in [2.45, 2.75) is 43.3 Å². The van der Waals surface area contributed by atoms with Gasteiger partial charge in [0.1, 0.15) is 5.75 Å². The molecule has 1 aliphatic carbocycles. The fourth-order valence-electron chi connectivity index (χ4n) is 3.77. The van der Waals surface area contributed by atoms with E-state index < -0.39 is 0 Å². The highest BCUT2D eigenvalue weighted by Gasteiger charge is 2.19. The van der Waals surface area contributed by atoms with Gasteiger partial charge in [0.25, 0.3) is 0 Å². The summed E-state index contributed by atoms with van der Waals surface area (Å²) in [7, 11) is 1.65. The maximum Gasteiger partial charge on any atom is 0.230 e. The molecule has 1 fully saturated rings. The minimum Gasteiger partial charge on any atom is -0.497 e. The van der Waals surface area contributed by atoms with Crippen molar-refractivity contribution in [2.24, 2.45) is 0 Å². The second-order valence-corrected chi connectivity index (χ2v) is 8.34. The number of nitrogens with zero attached hydrogens (tertiary/aromatic N) is 3. The molecular weight excluding hydrogens is 396 g/mol. The van der Waals surface area contributed by atoms with E-state index in [2.05, 4.69) is 15.5 Å². The number of methoxy groups -OCH3 is 1. The summed E-state index contributed by atoms with van der Waals surface area (Å²) in [6, 6.07) is 18.0. The van der Waals surface area contributed by atoms with Crippen LogP contribution in [0.5, 0.6) is 5.75 Å². The standard InChI is InChI=1S/C23H26N4O2S/c1-29-20-14-8-9-17(15-20)22-25-26-23(27(22)19-12-6-3-7-13-19)30-16-21(28)24-18-10-4-2-5-11-18/h3,6-9,12-15,18H,2,4-5,10-11,16H2,1H3,(H,24,28). The summed E-state index contributed by atoms with van der Waals surface area (Å²) < 4.78 is 7.36. The maximum atomic E-state index is 12.5. The van der Waals surface area contributed by atoms with Crippen molar-refractivity contribution in [3.05, 3.63) is 54.6 Å². The molecule has 3 aromatic rings. The quantitative estimate of drug-likeness (QED) is 0.569. The van der Waals surface area contributed by atoms with Gasteiger partial charge in [0, 0.05) is 17.3 Å². The van der Waals surface area contributed by atoms with Crippen molar-refractivity contribution < 1.29 is 9.53 Å². The van der Waals surface area contributed by atoms with Crippen LogP contribution in [-0.2, 0) is 4.79 Å². The first-order valence-corrected chi connectivity index (χ1v) is 11.3. The lowest BCUT2D eigenvalue weighted by molar-refractivity contribution is -0.119. The number of amides is 1. The Balaban J connectivity index is 1.57. The predicted molar refractivity (Wildman–Crippen MR) is 119 cm³/mol. The Bertz CT molecular complexity index is 984. The Morgan fingerprint density at radius 3 is 2.67 bits per heavy atom. The zero-order chi connectivity index (χ0) is 20.8. The first kappa shape index (κ1) is 20.5. The van der Waals surface area contributed by atoms with Crippen molar-refractivity contribution >= 4 is 17.7 Å². The molecule has 30 heavy (non-hydrogen) atoms. The Labute approximate surface area is 181 Å². The number of carbonyl (C=O) groups is 1. The van der Waals surface area contributed by atoms with Gasteiger partial charge in [-0.3, -0.25) is 9.36 Å². The van der Waals surface area contributed by atoms with Gasteiger partial charge in [0.05, 0.1) is 12.9 Å². The number of para-hydroxylation sites is 1. The van der Waals surface area contributed by atoms with Gasteiger partial charge < -0.3 is 10.1 Å². The molecule has 1 heterocycles. The van der Waals surface area contributed by atoms with E-state index in [0.29, 0.717) is 17.0 Å². The summed E-state index contributed by atoms with van der Waals surface area (Å²) in [6.45, 7) is 0. The molecule has 0 spiro atoms. The number of carbonyl (C=O) groups excluding carboxylic acids is 1. The summed E-state index contributed by atoms with van der Waals surface area (Å²) in [5, 5.41) is 12.7. The number of benzene rings is 2. The van der Waals surface area contributed by atoms with Crippen LogP contribution in [-0.4, -0.2) is 39.6 Å². The molecule has 0 bridgehead atoms. The van der Waals surface area contributed by atoms with Gasteiger partial charge in [-0.15, -0.1) is 10.2 Å². The fourth-order valence-corrected chi connectivity index (χ4v) is 4.53. The molecule has 6 nitrogen and oxygen atoms in total. The highest BCUT2D eigenvalue weighted by molar-refractivity contribution is 7.99. The average molecular weight is 423 g/mol. The second kappa shape index (κ2) is 9.80. The van der Waals surface area contributed by atoms with Gasteiger partial charge in [0.15, 0.2) is 11.0 Å². The van der Waals surface area contributed by atoms with Crippen molar-refractivity contribution in [1.29, 1.82) is 0 Å². The Kier molecular flexibility index (Phi) is 6.69. The lowest BCUT2D eigenvalue weighted by Gasteiger charge is -2.22. The SMILES string of the molecule is COc1cccc(-c2nnc(SCC(=O)NC3CCCCC3)n2-c2ccccc2)c1. The number of nitrogens with one attached hydrogen (secondary N) is 1. The van der Waals surface area contributed by atoms with E-state index in [-0.39, 0.29) is 5.91 Å². The molecule has 1 amide bonds. The van der Waals surface area contributed by atoms with Gasteiger partial charge in [-0.05, 0) is 37.1 Å². The molecule has 0 aliphatic heterocycles. The Morgan fingerprint density at radius 1 is 1.10 bits per heavy atom. The third-order valence-corrected chi connectivity index (χ3v) is 6.21. The first-order valence-electron chi connectivity index (χ1n) is 10.3. The number of thioether (sulfide) groups is 1. The minimum absolute atomic E-state index is 0.0532. The summed E-state index contributed by atoms with van der Waals surface area (Å²) in [6.07, 6.45) is 5.83. The molecule has 0 atom stereocenters. The molecule has 0 saturated heterocycles. The first-order chi connectivity index (χ1) is 14.7. The van der Waals surface area contributed by atoms with Crippen molar-refractivity contribution in [3.8, 4) is 22.8 Å². The highest BCUT2D eigenvalue weighted by atomic mass is 32.2. The maximum absolute atomic E-state index is 12.5. The molecule has 2 aromatic carbocycles. The van der Waals surface area contributed by atoms with E-state index in [1.54, 1.807) is 7.11 Å². The Morgan fingerprint density at radius 2 is 1.90 bits per heavy atom. The molecule has 7 heteroatoms. The summed E-state index contributed by atoms with van der Waals surface area (Å²) in [5.74, 6) is 1.85. The number of rotatable bonds is 7. The van der Waals surface area contributed by atoms with Crippen molar-refractivity contribution in [2.75, 3.05) is 12.9 Å². The third-order valence-electron chi connectivity index (χ3n) is 5.28. The average Bonchev–Trinajstić information content (AvgIpc) is 3.23. The number of ether oxygens (including phenoxy) is 1. The van der Waals surface area contributed by atoms with Gasteiger partial charge in [-0.1, -0.05) is 61.4 Å². The van der Waals surface area contributed by atoms with Crippen LogP contribution in [0.1, 0.15) is 32.1 Å². The van der Waals surface area contributed by atoms with Crippen LogP contribution in [0.3, 0.4) is 0 Å². The second-order valence-electron chi connectivity index (χ2n) is 7.40. The van der Waals surface area contributed by atoms with E-state index in [1.165, 1.54) is 31.0 Å². The molecule has 1 saturated carbocycles. The molecular formula is C23H26N4O2S. The van der Waals surface area contributed by atoms with Crippen molar-refractivity contribution in [3.63, 3.8) is 0 Å². The summed E-state index contributed by atoms with van der Waals surface area (Å²) >= 11 is 1.41. The smallest absolute Gasteiger partial charge is 0.230 e. The molecule has 1 aromatic heterocycles. The van der Waals surface area contributed by atoms with Gasteiger partial charge >= 0.3 is 0 Å². The van der Waals surface area contributed by atoms with E-state index in [4.69, 9.17) is 4.74 Å². The van der Waals surface area contributed by atoms with Crippen molar-refractivity contribution in [1.82, 2.24) is 20.1 Å². The molecule has 4 rings (SSSR count). The van der Waals surface area contributed by atoms with E-state index in [1.807, 2.05) is 59.2 Å². The van der Waals surface area contributed by atoms with E-state index in [9.17, 15) is 4.79 Å². The van der Waals surface area contributed by atoms with Crippen LogP contribution in [0, 0.1) is 0 Å². The molecule has 1 aliphatic rings. The van der Waals surface area contributed by atoms with Crippen LogP contribution in [0.4, 0.5) is 0 Å². The van der Waals surface area contributed by atoms with Gasteiger partial charge in [-0.2, -0.15) is 0 Å². The van der Waals surface area contributed by atoms with E-state index >= 15 is 0 Å². The predicted octanol–water partition coefficient (Wildman–Crippen LogP) is 4.48. The zero-order valence-corrected chi connectivity index (χ0v) is 17.9.